The quantitative estimate of drug-likeness (QED) is 0.863. The zero-order valence-electron chi connectivity index (χ0n) is 13.4. The van der Waals surface area contributed by atoms with Crippen molar-refractivity contribution in [2.75, 3.05) is 6.54 Å². The number of alkyl halides is 3. The van der Waals surface area contributed by atoms with Crippen LogP contribution >= 0.6 is 11.3 Å². The van der Waals surface area contributed by atoms with Crippen molar-refractivity contribution in [3.63, 3.8) is 0 Å². The highest BCUT2D eigenvalue weighted by molar-refractivity contribution is 7.09. The summed E-state index contributed by atoms with van der Waals surface area (Å²) >= 11 is 0.985. The summed E-state index contributed by atoms with van der Waals surface area (Å²) in [6.45, 7) is 4.77. The fourth-order valence-electron chi connectivity index (χ4n) is 3.04. The number of halogens is 3. The monoisotopic (exact) mass is 348 g/mol. The SMILES string of the molecule is CC(C)C1CCC(C(=O)NCCc2nc(C(F)(F)F)cs2)CC1. The molecule has 1 fully saturated rings. The Morgan fingerprint density at radius 2 is 2.00 bits per heavy atom. The fourth-order valence-corrected chi connectivity index (χ4v) is 3.85. The highest BCUT2D eigenvalue weighted by Crippen LogP contribution is 2.33. The van der Waals surface area contributed by atoms with Gasteiger partial charge in [-0.05, 0) is 37.5 Å². The van der Waals surface area contributed by atoms with Crippen LogP contribution in [0.4, 0.5) is 13.2 Å². The summed E-state index contributed by atoms with van der Waals surface area (Å²) in [5, 5.41) is 4.26. The Morgan fingerprint density at radius 3 is 2.52 bits per heavy atom. The Morgan fingerprint density at radius 1 is 1.35 bits per heavy atom. The predicted molar refractivity (Wildman–Crippen MR) is 84.1 cm³/mol. The fraction of sp³-hybridized carbons (Fsp3) is 0.750. The van der Waals surface area contributed by atoms with Gasteiger partial charge < -0.3 is 5.32 Å². The van der Waals surface area contributed by atoms with Crippen LogP contribution in [0.1, 0.15) is 50.2 Å². The molecule has 0 aliphatic heterocycles. The lowest BCUT2D eigenvalue weighted by Crippen LogP contribution is -2.35. The van der Waals surface area contributed by atoms with E-state index < -0.39 is 11.9 Å². The normalized spacial score (nSPS) is 22.3. The molecule has 23 heavy (non-hydrogen) atoms. The third kappa shape index (κ3) is 5.19. The van der Waals surface area contributed by atoms with Crippen LogP contribution in [0.5, 0.6) is 0 Å². The first kappa shape index (κ1) is 18.2. The molecule has 0 aromatic carbocycles. The molecule has 0 unspecified atom stereocenters. The number of carbonyl (C=O) groups excluding carboxylic acids is 1. The third-order valence-electron chi connectivity index (χ3n) is 4.57. The smallest absolute Gasteiger partial charge is 0.355 e. The number of rotatable bonds is 5. The molecule has 0 saturated heterocycles. The van der Waals surface area contributed by atoms with Gasteiger partial charge in [-0.1, -0.05) is 13.8 Å². The van der Waals surface area contributed by atoms with Gasteiger partial charge in [0.1, 0.15) is 0 Å². The minimum absolute atomic E-state index is 0.0276. The maximum Gasteiger partial charge on any atom is 0.434 e. The van der Waals surface area contributed by atoms with E-state index in [1.165, 1.54) is 0 Å². The van der Waals surface area contributed by atoms with Gasteiger partial charge >= 0.3 is 6.18 Å². The number of aromatic nitrogens is 1. The van der Waals surface area contributed by atoms with E-state index in [2.05, 4.69) is 24.1 Å². The van der Waals surface area contributed by atoms with Crippen molar-refractivity contribution >= 4 is 17.2 Å². The molecule has 1 aromatic rings. The summed E-state index contributed by atoms with van der Waals surface area (Å²) in [5.41, 5.74) is -0.851. The van der Waals surface area contributed by atoms with Crippen molar-refractivity contribution in [1.29, 1.82) is 0 Å². The van der Waals surface area contributed by atoms with Crippen LogP contribution in [0, 0.1) is 17.8 Å². The van der Waals surface area contributed by atoms with Crippen LogP contribution in [0.3, 0.4) is 0 Å². The molecule has 1 aromatic heterocycles. The number of nitrogens with zero attached hydrogens (tertiary/aromatic N) is 1. The molecular formula is C16H23F3N2OS. The second kappa shape index (κ2) is 7.64. The summed E-state index contributed by atoms with van der Waals surface area (Å²) in [6.07, 6.45) is -0.0798. The van der Waals surface area contributed by atoms with Gasteiger partial charge in [-0.25, -0.2) is 4.98 Å². The zero-order valence-corrected chi connectivity index (χ0v) is 14.3. The molecule has 0 bridgehead atoms. The Kier molecular flexibility index (Phi) is 6.06. The molecule has 1 heterocycles. The summed E-state index contributed by atoms with van der Waals surface area (Å²) in [7, 11) is 0. The molecule has 0 spiro atoms. The Hall–Kier alpha value is -1.11. The van der Waals surface area contributed by atoms with Crippen molar-refractivity contribution in [3.8, 4) is 0 Å². The molecule has 7 heteroatoms. The van der Waals surface area contributed by atoms with Gasteiger partial charge in [0, 0.05) is 24.3 Å². The van der Waals surface area contributed by atoms with Gasteiger partial charge in [-0.2, -0.15) is 13.2 Å². The van der Waals surface area contributed by atoms with E-state index in [1.54, 1.807) is 0 Å². The topological polar surface area (TPSA) is 42.0 Å². The highest BCUT2D eigenvalue weighted by Gasteiger charge is 2.33. The lowest BCUT2D eigenvalue weighted by atomic mass is 9.77. The molecule has 1 saturated carbocycles. The van der Waals surface area contributed by atoms with E-state index in [9.17, 15) is 18.0 Å². The van der Waals surface area contributed by atoms with E-state index in [0.29, 0.717) is 29.8 Å². The number of hydrogen-bond acceptors (Lipinski definition) is 3. The van der Waals surface area contributed by atoms with Crippen molar-refractivity contribution in [2.45, 2.75) is 52.1 Å². The van der Waals surface area contributed by atoms with E-state index in [1.807, 2.05) is 0 Å². The standard InChI is InChI=1S/C16H23F3N2OS/c1-10(2)11-3-5-12(6-4-11)15(22)20-8-7-14-21-13(9-23-14)16(17,18)19/h9-12H,3-8H2,1-2H3,(H,20,22). The lowest BCUT2D eigenvalue weighted by Gasteiger charge is -2.30. The van der Waals surface area contributed by atoms with Crippen molar-refractivity contribution in [2.24, 2.45) is 17.8 Å². The second-order valence-electron chi connectivity index (χ2n) is 6.52. The lowest BCUT2D eigenvalue weighted by molar-refractivity contribution is -0.140. The molecule has 0 radical (unpaired) electrons. The van der Waals surface area contributed by atoms with E-state index >= 15 is 0 Å². The van der Waals surface area contributed by atoms with Crippen molar-refractivity contribution < 1.29 is 18.0 Å². The molecule has 1 N–H and O–H groups in total. The maximum absolute atomic E-state index is 12.5. The predicted octanol–water partition coefficient (Wildman–Crippen LogP) is 4.28. The number of carbonyl (C=O) groups is 1. The van der Waals surface area contributed by atoms with Crippen molar-refractivity contribution in [3.05, 3.63) is 16.1 Å². The summed E-state index contributed by atoms with van der Waals surface area (Å²) in [6, 6.07) is 0. The summed E-state index contributed by atoms with van der Waals surface area (Å²) in [4.78, 5) is 15.7. The summed E-state index contributed by atoms with van der Waals surface area (Å²) in [5.74, 6) is 1.44. The highest BCUT2D eigenvalue weighted by atomic mass is 32.1. The first-order valence-corrected chi connectivity index (χ1v) is 8.94. The van der Waals surface area contributed by atoms with E-state index in [4.69, 9.17) is 0 Å². The number of hydrogen-bond donors (Lipinski definition) is 1. The van der Waals surface area contributed by atoms with Crippen LogP contribution in [-0.2, 0) is 17.4 Å². The summed E-state index contributed by atoms with van der Waals surface area (Å²) < 4.78 is 37.4. The largest absolute Gasteiger partial charge is 0.434 e. The average molecular weight is 348 g/mol. The Bertz CT molecular complexity index is 520. The molecule has 3 nitrogen and oxygen atoms in total. The third-order valence-corrected chi connectivity index (χ3v) is 5.47. The van der Waals surface area contributed by atoms with Gasteiger partial charge in [-0.15, -0.1) is 11.3 Å². The first-order valence-electron chi connectivity index (χ1n) is 8.06. The molecular weight excluding hydrogens is 325 g/mol. The number of thiazole rings is 1. The second-order valence-corrected chi connectivity index (χ2v) is 7.46. The van der Waals surface area contributed by atoms with Crippen molar-refractivity contribution in [1.82, 2.24) is 10.3 Å². The minimum atomic E-state index is -4.40. The number of amides is 1. The van der Waals surface area contributed by atoms with Gasteiger partial charge in [0.25, 0.3) is 0 Å². The van der Waals surface area contributed by atoms with Gasteiger partial charge in [0.05, 0.1) is 5.01 Å². The molecule has 1 amide bonds. The van der Waals surface area contributed by atoms with Gasteiger partial charge in [0.15, 0.2) is 5.69 Å². The molecule has 0 atom stereocenters. The molecule has 1 aliphatic carbocycles. The first-order chi connectivity index (χ1) is 10.8. The van der Waals surface area contributed by atoms with Crippen LogP contribution in [0.2, 0.25) is 0 Å². The minimum Gasteiger partial charge on any atom is -0.355 e. The van der Waals surface area contributed by atoms with Gasteiger partial charge in [0.2, 0.25) is 5.91 Å². The van der Waals surface area contributed by atoms with Crippen LogP contribution < -0.4 is 5.32 Å². The Labute approximate surface area is 138 Å². The van der Waals surface area contributed by atoms with E-state index in [0.717, 1.165) is 42.4 Å². The van der Waals surface area contributed by atoms with E-state index in [-0.39, 0.29) is 11.8 Å². The Balaban J connectivity index is 1.72. The van der Waals surface area contributed by atoms with Crippen LogP contribution in [0.25, 0.3) is 0 Å². The average Bonchev–Trinajstić information content (AvgIpc) is 2.96. The maximum atomic E-state index is 12.5. The van der Waals surface area contributed by atoms with Crippen LogP contribution in [0.15, 0.2) is 5.38 Å². The van der Waals surface area contributed by atoms with Crippen LogP contribution in [-0.4, -0.2) is 17.4 Å². The molecule has 130 valence electrons. The van der Waals surface area contributed by atoms with Gasteiger partial charge in [-0.3, -0.25) is 4.79 Å². The molecule has 2 rings (SSSR count). The molecule has 1 aliphatic rings. The zero-order chi connectivity index (χ0) is 17.0. The number of nitrogens with one attached hydrogen (secondary N) is 1.